The van der Waals surface area contributed by atoms with Crippen LogP contribution in [0.15, 0.2) is 4.99 Å². The van der Waals surface area contributed by atoms with E-state index in [2.05, 4.69) is 34.0 Å². The number of hydrogen-bond donors (Lipinski definition) is 1. The zero-order valence-corrected chi connectivity index (χ0v) is 22.1. The third-order valence-corrected chi connectivity index (χ3v) is 6.91. The number of nitrogens with one attached hydrogen (secondary N) is 1. The molecule has 0 bridgehead atoms. The average molecular weight is 551 g/mol. The number of piperidine rings is 2. The van der Waals surface area contributed by atoms with Gasteiger partial charge in [-0.25, -0.2) is 4.79 Å². The average Bonchev–Trinajstić information content (AvgIpc) is 2.79. The molecule has 1 N–H and O–H groups in total. The Kier molecular flexibility index (Phi) is 11.1. The van der Waals surface area contributed by atoms with Gasteiger partial charge in [-0.3, -0.25) is 9.89 Å². The molecule has 0 spiro atoms. The summed E-state index contributed by atoms with van der Waals surface area (Å²) in [4.78, 5) is 26.5. The van der Waals surface area contributed by atoms with Gasteiger partial charge in [0.05, 0.1) is 13.2 Å². The second-order valence-electron chi connectivity index (χ2n) is 8.92. The minimum absolute atomic E-state index is 0. The molecule has 0 aromatic rings. The fourth-order valence-corrected chi connectivity index (χ4v) is 4.94. The summed E-state index contributed by atoms with van der Waals surface area (Å²) in [6.07, 6.45) is 6.19. The number of ether oxygens (including phenoxy) is 1. The number of halogens is 1. The summed E-state index contributed by atoms with van der Waals surface area (Å²) in [6.45, 7) is 13.8. The van der Waals surface area contributed by atoms with Crippen molar-refractivity contribution in [3.8, 4) is 0 Å². The van der Waals surface area contributed by atoms with Crippen molar-refractivity contribution in [1.82, 2.24) is 24.9 Å². The van der Waals surface area contributed by atoms with Gasteiger partial charge >= 0.3 is 6.09 Å². The van der Waals surface area contributed by atoms with E-state index in [1.165, 1.54) is 45.2 Å². The first-order valence-corrected chi connectivity index (χ1v) is 12.0. The van der Waals surface area contributed by atoms with Crippen LogP contribution in [0.4, 0.5) is 4.79 Å². The highest BCUT2D eigenvalue weighted by molar-refractivity contribution is 14.0. The molecule has 8 nitrogen and oxygen atoms in total. The summed E-state index contributed by atoms with van der Waals surface area (Å²) >= 11 is 0. The monoisotopic (exact) mass is 550 g/mol. The summed E-state index contributed by atoms with van der Waals surface area (Å²) in [6, 6.07) is 0. The predicted octanol–water partition coefficient (Wildman–Crippen LogP) is 2.29. The molecule has 0 atom stereocenters. The maximum atomic E-state index is 12.0. The maximum Gasteiger partial charge on any atom is 0.409 e. The van der Waals surface area contributed by atoms with Crippen molar-refractivity contribution in [3.05, 3.63) is 0 Å². The first-order valence-electron chi connectivity index (χ1n) is 12.0. The fourth-order valence-electron chi connectivity index (χ4n) is 4.94. The lowest BCUT2D eigenvalue weighted by Gasteiger charge is -2.49. The van der Waals surface area contributed by atoms with Crippen LogP contribution in [0.1, 0.15) is 46.0 Å². The Morgan fingerprint density at radius 2 is 1.55 bits per heavy atom. The third-order valence-electron chi connectivity index (χ3n) is 6.91. The molecule has 3 saturated heterocycles. The smallest absolute Gasteiger partial charge is 0.409 e. The minimum atomic E-state index is -0.200. The van der Waals surface area contributed by atoms with Gasteiger partial charge in [0.1, 0.15) is 0 Å². The van der Waals surface area contributed by atoms with E-state index < -0.39 is 0 Å². The van der Waals surface area contributed by atoms with E-state index in [0.29, 0.717) is 19.7 Å². The molecule has 3 aliphatic heterocycles. The summed E-state index contributed by atoms with van der Waals surface area (Å²) < 4.78 is 5.15. The van der Waals surface area contributed by atoms with Crippen molar-refractivity contribution in [3.63, 3.8) is 0 Å². The van der Waals surface area contributed by atoms with Gasteiger partial charge in [-0.15, -0.1) is 24.0 Å². The first-order chi connectivity index (χ1) is 14.6. The van der Waals surface area contributed by atoms with Crippen molar-refractivity contribution >= 4 is 36.0 Å². The van der Waals surface area contributed by atoms with Gasteiger partial charge in [-0.05, 0) is 72.8 Å². The van der Waals surface area contributed by atoms with Gasteiger partial charge < -0.3 is 24.8 Å². The van der Waals surface area contributed by atoms with E-state index in [4.69, 9.17) is 9.73 Å². The molecule has 3 heterocycles. The predicted molar refractivity (Wildman–Crippen MR) is 136 cm³/mol. The number of aliphatic imine (C=N–C) groups is 1. The fraction of sp³-hybridized carbons (Fsp3) is 0.909. The quantitative estimate of drug-likeness (QED) is 0.322. The molecule has 0 aromatic carbocycles. The normalized spacial score (nSPS) is 23.3. The minimum Gasteiger partial charge on any atom is -0.450 e. The van der Waals surface area contributed by atoms with Gasteiger partial charge in [-0.2, -0.15) is 0 Å². The number of carbonyl (C=O) groups excluding carboxylic acids is 1. The number of carbonyl (C=O) groups is 1. The molecule has 9 heteroatoms. The van der Waals surface area contributed by atoms with Crippen LogP contribution in [-0.4, -0.2) is 116 Å². The maximum absolute atomic E-state index is 12.0. The summed E-state index contributed by atoms with van der Waals surface area (Å²) in [5.41, 5.74) is 0.195. The van der Waals surface area contributed by atoms with Crippen LogP contribution >= 0.6 is 24.0 Å². The van der Waals surface area contributed by atoms with Crippen molar-refractivity contribution < 1.29 is 9.53 Å². The van der Waals surface area contributed by atoms with E-state index in [1.807, 2.05) is 6.92 Å². The van der Waals surface area contributed by atoms with Crippen molar-refractivity contribution in [2.45, 2.75) is 51.5 Å². The van der Waals surface area contributed by atoms with E-state index >= 15 is 0 Å². The molecule has 1 amide bonds. The number of hydrogen-bond acceptors (Lipinski definition) is 5. The Labute approximate surface area is 205 Å². The van der Waals surface area contributed by atoms with E-state index in [-0.39, 0.29) is 35.6 Å². The summed E-state index contributed by atoms with van der Waals surface area (Å²) in [7, 11) is 2.23. The number of guanidine groups is 1. The van der Waals surface area contributed by atoms with E-state index in [9.17, 15) is 4.79 Å². The Bertz CT molecular complexity index is 568. The Morgan fingerprint density at radius 1 is 0.935 bits per heavy atom. The molecule has 3 rings (SSSR count). The van der Waals surface area contributed by atoms with Crippen molar-refractivity contribution in [2.24, 2.45) is 4.99 Å². The molecule has 0 aliphatic carbocycles. The lowest BCUT2D eigenvalue weighted by molar-refractivity contribution is 0.0206. The highest BCUT2D eigenvalue weighted by Crippen LogP contribution is 2.31. The number of likely N-dealkylation sites (tertiary alicyclic amines) is 2. The third kappa shape index (κ3) is 7.08. The molecule has 0 radical (unpaired) electrons. The van der Waals surface area contributed by atoms with Crippen molar-refractivity contribution in [2.75, 3.05) is 79.1 Å². The zero-order valence-electron chi connectivity index (χ0n) is 19.8. The number of rotatable bonds is 5. The van der Waals surface area contributed by atoms with Crippen LogP contribution in [0.2, 0.25) is 0 Å². The van der Waals surface area contributed by atoms with Gasteiger partial charge in [0.25, 0.3) is 0 Å². The first kappa shape index (κ1) is 26.4. The van der Waals surface area contributed by atoms with Crippen LogP contribution < -0.4 is 5.32 Å². The Hall–Kier alpha value is -0.810. The number of nitrogens with zero attached hydrogens (tertiary/aromatic N) is 5. The highest BCUT2D eigenvalue weighted by atomic mass is 127. The summed E-state index contributed by atoms with van der Waals surface area (Å²) in [5, 5.41) is 3.50. The van der Waals surface area contributed by atoms with Crippen LogP contribution in [0.3, 0.4) is 0 Å². The van der Waals surface area contributed by atoms with E-state index in [0.717, 1.165) is 45.2 Å². The topological polar surface area (TPSA) is 63.7 Å². The van der Waals surface area contributed by atoms with Crippen LogP contribution in [-0.2, 0) is 4.74 Å². The molecule has 31 heavy (non-hydrogen) atoms. The molecule has 3 fully saturated rings. The van der Waals surface area contributed by atoms with Crippen LogP contribution in [0.25, 0.3) is 0 Å². The molecule has 3 aliphatic rings. The van der Waals surface area contributed by atoms with Gasteiger partial charge in [0.2, 0.25) is 0 Å². The van der Waals surface area contributed by atoms with Gasteiger partial charge in [0.15, 0.2) is 5.96 Å². The standard InChI is InChI=1S/C22H42N6O2.HI/c1-4-23-20(26-15-17-27(18-16-26)21(29)30-5-2)24-19-22(9-13-25(3)14-10-22)28-11-7-6-8-12-28;/h4-19H2,1-3H3,(H,23,24);1H. The van der Waals surface area contributed by atoms with Crippen LogP contribution in [0, 0.1) is 0 Å². The zero-order chi connectivity index (χ0) is 21.4. The second-order valence-corrected chi connectivity index (χ2v) is 8.92. The van der Waals surface area contributed by atoms with Gasteiger partial charge in [0, 0.05) is 38.3 Å². The number of amides is 1. The van der Waals surface area contributed by atoms with E-state index in [1.54, 1.807) is 4.90 Å². The van der Waals surface area contributed by atoms with Crippen molar-refractivity contribution in [1.29, 1.82) is 0 Å². The van der Waals surface area contributed by atoms with Crippen LogP contribution in [0.5, 0.6) is 0 Å². The molecular formula is C22H43IN6O2. The Morgan fingerprint density at radius 3 is 2.13 bits per heavy atom. The molecule has 0 saturated carbocycles. The number of piperazine rings is 1. The molecule has 0 unspecified atom stereocenters. The summed E-state index contributed by atoms with van der Waals surface area (Å²) in [5.74, 6) is 0.997. The second kappa shape index (κ2) is 13.0. The SMILES string of the molecule is CCNC(=NCC1(N2CCCCC2)CCN(C)CC1)N1CCN(C(=O)OCC)CC1.I. The molecule has 0 aromatic heterocycles. The highest BCUT2D eigenvalue weighted by Gasteiger charge is 2.39. The largest absolute Gasteiger partial charge is 0.450 e. The lowest BCUT2D eigenvalue weighted by atomic mass is 9.84. The Balaban J connectivity index is 0.00000341. The molecule has 180 valence electrons. The van der Waals surface area contributed by atoms with Gasteiger partial charge in [-0.1, -0.05) is 6.42 Å². The lowest BCUT2D eigenvalue weighted by Crippen LogP contribution is -2.59. The molecular weight excluding hydrogens is 507 g/mol.